The zero-order valence-corrected chi connectivity index (χ0v) is 11.6. The minimum Gasteiger partial charge on any atom is -0.398 e. The number of rotatable bonds is 3. The molecule has 19 heavy (non-hydrogen) atoms. The van der Waals surface area contributed by atoms with Crippen LogP contribution in [-0.4, -0.2) is 30.4 Å². The van der Waals surface area contributed by atoms with Gasteiger partial charge in [0.15, 0.2) is 0 Å². The molecule has 1 aliphatic heterocycles. The first kappa shape index (κ1) is 13.6. The highest BCUT2D eigenvalue weighted by molar-refractivity contribution is 5.93. The molecule has 0 saturated carbocycles. The van der Waals surface area contributed by atoms with Gasteiger partial charge < -0.3 is 11.1 Å². The van der Waals surface area contributed by atoms with Gasteiger partial charge in [0, 0.05) is 24.5 Å². The average Bonchev–Trinajstić information content (AvgIpc) is 2.38. The van der Waals surface area contributed by atoms with Crippen molar-refractivity contribution >= 4 is 17.3 Å². The summed E-state index contributed by atoms with van der Waals surface area (Å²) in [5.41, 5.74) is 9.66. The monoisotopic (exact) mass is 259 g/mol. The lowest BCUT2D eigenvalue weighted by atomic mass is 10.1. The smallest absolute Gasteiger partial charge is 0.238 e. The average molecular weight is 259 g/mol. The molecule has 1 aliphatic rings. The summed E-state index contributed by atoms with van der Waals surface area (Å²) in [7, 11) is 0. The molecule has 4 nitrogen and oxygen atoms in total. The Morgan fingerprint density at radius 2 is 2.21 bits per heavy atom. The number of hydrogen-bond donors (Lipinski definition) is 2. The summed E-state index contributed by atoms with van der Waals surface area (Å²) >= 11 is 0. The van der Waals surface area contributed by atoms with Crippen molar-refractivity contribution in [2.24, 2.45) is 0 Å². The van der Waals surface area contributed by atoms with E-state index in [1.165, 1.54) is 5.57 Å². The van der Waals surface area contributed by atoms with Crippen molar-refractivity contribution in [2.75, 3.05) is 30.7 Å². The molecule has 102 valence electrons. The molecule has 3 N–H and O–H groups in total. The van der Waals surface area contributed by atoms with Crippen molar-refractivity contribution in [3.63, 3.8) is 0 Å². The number of amides is 1. The van der Waals surface area contributed by atoms with E-state index in [1.807, 2.05) is 25.1 Å². The molecule has 1 amide bonds. The Morgan fingerprint density at radius 1 is 1.42 bits per heavy atom. The predicted octanol–water partition coefficient (Wildman–Crippen LogP) is 2.17. The summed E-state index contributed by atoms with van der Waals surface area (Å²) < 4.78 is 0. The van der Waals surface area contributed by atoms with Gasteiger partial charge in [0.1, 0.15) is 0 Å². The molecule has 0 bridgehead atoms. The Hall–Kier alpha value is -1.81. The van der Waals surface area contributed by atoms with Gasteiger partial charge in [-0.15, -0.1) is 0 Å². The zero-order chi connectivity index (χ0) is 13.8. The van der Waals surface area contributed by atoms with E-state index >= 15 is 0 Å². The number of nitrogens with zero attached hydrogens (tertiary/aromatic N) is 1. The van der Waals surface area contributed by atoms with E-state index in [0.717, 1.165) is 30.8 Å². The first-order chi connectivity index (χ1) is 9.06. The lowest BCUT2D eigenvalue weighted by Gasteiger charge is -2.24. The number of carbonyl (C=O) groups excluding carboxylic acids is 1. The predicted molar refractivity (Wildman–Crippen MR) is 79.0 cm³/mol. The van der Waals surface area contributed by atoms with Gasteiger partial charge >= 0.3 is 0 Å². The van der Waals surface area contributed by atoms with E-state index in [0.29, 0.717) is 12.2 Å². The topological polar surface area (TPSA) is 58.4 Å². The number of benzene rings is 1. The van der Waals surface area contributed by atoms with Gasteiger partial charge in [-0.3, -0.25) is 9.69 Å². The third kappa shape index (κ3) is 3.58. The summed E-state index contributed by atoms with van der Waals surface area (Å²) in [6, 6.07) is 5.57. The summed E-state index contributed by atoms with van der Waals surface area (Å²) in [5, 5.41) is 2.93. The van der Waals surface area contributed by atoms with Crippen molar-refractivity contribution in [1.82, 2.24) is 4.90 Å². The maximum absolute atomic E-state index is 12.0. The normalized spacial score (nSPS) is 16.0. The zero-order valence-electron chi connectivity index (χ0n) is 11.6. The van der Waals surface area contributed by atoms with Crippen LogP contribution < -0.4 is 11.1 Å². The molecule has 0 atom stereocenters. The molecule has 0 fully saturated rings. The second-order valence-electron chi connectivity index (χ2n) is 5.10. The van der Waals surface area contributed by atoms with E-state index in [-0.39, 0.29) is 5.91 Å². The van der Waals surface area contributed by atoms with Crippen LogP contribution in [0.25, 0.3) is 0 Å². The van der Waals surface area contributed by atoms with Gasteiger partial charge in [0.05, 0.1) is 6.54 Å². The highest BCUT2D eigenvalue weighted by atomic mass is 16.2. The van der Waals surface area contributed by atoms with Crippen molar-refractivity contribution in [1.29, 1.82) is 0 Å². The molecule has 1 aromatic rings. The van der Waals surface area contributed by atoms with Crippen molar-refractivity contribution < 1.29 is 4.79 Å². The van der Waals surface area contributed by atoms with Gasteiger partial charge in [-0.1, -0.05) is 17.7 Å². The Morgan fingerprint density at radius 3 is 2.89 bits per heavy atom. The maximum atomic E-state index is 12.0. The summed E-state index contributed by atoms with van der Waals surface area (Å²) in [6.07, 6.45) is 3.23. The van der Waals surface area contributed by atoms with E-state index in [9.17, 15) is 4.79 Å². The van der Waals surface area contributed by atoms with Crippen LogP contribution in [0.5, 0.6) is 0 Å². The number of anilines is 2. The minimum absolute atomic E-state index is 0.0154. The molecular weight excluding hydrogens is 238 g/mol. The summed E-state index contributed by atoms with van der Waals surface area (Å²) in [4.78, 5) is 14.2. The van der Waals surface area contributed by atoms with Crippen LogP contribution in [0, 0.1) is 6.92 Å². The molecule has 0 aromatic heterocycles. The molecule has 0 spiro atoms. The Balaban J connectivity index is 1.93. The van der Waals surface area contributed by atoms with E-state index in [4.69, 9.17) is 5.73 Å². The molecule has 0 aliphatic carbocycles. The van der Waals surface area contributed by atoms with Crippen LogP contribution in [-0.2, 0) is 4.79 Å². The molecule has 0 radical (unpaired) electrons. The molecule has 0 unspecified atom stereocenters. The van der Waals surface area contributed by atoms with Crippen LogP contribution >= 0.6 is 0 Å². The van der Waals surface area contributed by atoms with E-state index < -0.39 is 0 Å². The Labute approximate surface area is 114 Å². The van der Waals surface area contributed by atoms with Crippen LogP contribution in [0.1, 0.15) is 18.9 Å². The molecule has 1 heterocycles. The number of carbonyl (C=O) groups is 1. The molecule has 0 saturated heterocycles. The van der Waals surface area contributed by atoms with Crippen molar-refractivity contribution in [3.05, 3.63) is 35.4 Å². The molecule has 4 heteroatoms. The van der Waals surface area contributed by atoms with Crippen molar-refractivity contribution in [2.45, 2.75) is 20.3 Å². The fraction of sp³-hybridized carbons (Fsp3) is 0.400. The standard InChI is InChI=1S/C15H21N3O/c1-11-6-8-18(9-7-11)10-15(19)17-14-5-3-4-13(16)12(14)2/h3-6H,7-10,16H2,1-2H3,(H,17,19). The van der Waals surface area contributed by atoms with Crippen molar-refractivity contribution in [3.8, 4) is 0 Å². The lowest BCUT2D eigenvalue weighted by molar-refractivity contribution is -0.117. The molecule has 2 rings (SSSR count). The van der Waals surface area contributed by atoms with Crippen LogP contribution in [0.2, 0.25) is 0 Å². The quantitative estimate of drug-likeness (QED) is 0.646. The number of nitrogen functional groups attached to an aromatic ring is 1. The number of nitrogens with one attached hydrogen (secondary N) is 1. The van der Waals surface area contributed by atoms with Gasteiger partial charge in [-0.2, -0.15) is 0 Å². The van der Waals surface area contributed by atoms with Gasteiger partial charge in [0.2, 0.25) is 5.91 Å². The summed E-state index contributed by atoms with van der Waals surface area (Å²) in [5.74, 6) is 0.0154. The lowest BCUT2D eigenvalue weighted by Crippen LogP contribution is -2.36. The molecular formula is C15H21N3O. The fourth-order valence-electron chi connectivity index (χ4n) is 2.14. The number of nitrogens with two attached hydrogens (primary N) is 1. The van der Waals surface area contributed by atoms with Gasteiger partial charge in [-0.05, 0) is 38.0 Å². The summed E-state index contributed by atoms with van der Waals surface area (Å²) in [6.45, 7) is 6.28. The first-order valence-corrected chi connectivity index (χ1v) is 6.59. The van der Waals surface area contributed by atoms with Crippen LogP contribution in [0.15, 0.2) is 29.8 Å². The van der Waals surface area contributed by atoms with Crippen LogP contribution in [0.3, 0.4) is 0 Å². The van der Waals surface area contributed by atoms with Crippen LogP contribution in [0.4, 0.5) is 11.4 Å². The third-order valence-corrected chi connectivity index (χ3v) is 3.54. The third-order valence-electron chi connectivity index (χ3n) is 3.54. The van der Waals surface area contributed by atoms with E-state index in [1.54, 1.807) is 0 Å². The largest absolute Gasteiger partial charge is 0.398 e. The van der Waals surface area contributed by atoms with E-state index in [2.05, 4.69) is 23.2 Å². The highest BCUT2D eigenvalue weighted by Gasteiger charge is 2.14. The Kier molecular flexibility index (Phi) is 4.22. The second kappa shape index (κ2) is 5.89. The second-order valence-corrected chi connectivity index (χ2v) is 5.10. The minimum atomic E-state index is 0.0154. The fourth-order valence-corrected chi connectivity index (χ4v) is 2.14. The highest BCUT2D eigenvalue weighted by Crippen LogP contribution is 2.20. The Bertz CT molecular complexity index is 508. The maximum Gasteiger partial charge on any atom is 0.238 e. The van der Waals surface area contributed by atoms with Gasteiger partial charge in [0.25, 0.3) is 0 Å². The first-order valence-electron chi connectivity index (χ1n) is 6.59. The van der Waals surface area contributed by atoms with Gasteiger partial charge in [-0.25, -0.2) is 0 Å². The molecule has 1 aromatic carbocycles. The SMILES string of the molecule is CC1=CCN(CC(=O)Nc2cccc(N)c2C)CC1. The number of hydrogen-bond acceptors (Lipinski definition) is 3.